The molecule has 2 nitrogen and oxygen atoms in total. The van der Waals surface area contributed by atoms with Crippen molar-refractivity contribution in [2.75, 3.05) is 13.1 Å². The van der Waals surface area contributed by atoms with Gasteiger partial charge < -0.3 is 5.73 Å². The van der Waals surface area contributed by atoms with Crippen LogP contribution in [-0.2, 0) is 0 Å². The molecule has 19 heavy (non-hydrogen) atoms. The van der Waals surface area contributed by atoms with Gasteiger partial charge in [0.05, 0.1) is 0 Å². The third-order valence-electron chi connectivity index (χ3n) is 4.48. The lowest BCUT2D eigenvalue weighted by Gasteiger charge is -2.33. The molecule has 0 aliphatic carbocycles. The van der Waals surface area contributed by atoms with E-state index in [1.807, 2.05) is 12.1 Å². The minimum atomic E-state index is 0.163. The molecule has 2 N–H and O–H groups in total. The highest BCUT2D eigenvalue weighted by atomic mass is 35.5. The maximum Gasteiger partial charge on any atom is 0.0499 e. The zero-order chi connectivity index (χ0) is 14.0. The highest BCUT2D eigenvalue weighted by Gasteiger charge is 2.34. The first-order chi connectivity index (χ1) is 9.02. The number of rotatable bonds is 4. The van der Waals surface area contributed by atoms with Crippen LogP contribution in [0.4, 0.5) is 0 Å². The molecule has 3 heteroatoms. The maximum atomic E-state index is 6.39. The number of benzene rings is 1. The molecule has 0 spiro atoms. The summed E-state index contributed by atoms with van der Waals surface area (Å²) in [5.41, 5.74) is 7.64. The van der Waals surface area contributed by atoms with Crippen molar-refractivity contribution in [3.63, 3.8) is 0 Å². The van der Waals surface area contributed by atoms with Crippen molar-refractivity contribution in [1.82, 2.24) is 4.90 Å². The molecule has 2 rings (SSSR count). The Morgan fingerprint density at radius 1 is 1.32 bits per heavy atom. The Hall–Kier alpha value is -0.570. The first-order valence-corrected chi connectivity index (χ1v) is 7.65. The second-order valence-electron chi connectivity index (χ2n) is 5.98. The minimum absolute atomic E-state index is 0.163. The molecule has 0 radical (unpaired) electrons. The lowest BCUT2D eigenvalue weighted by Crippen LogP contribution is -2.40. The Morgan fingerprint density at radius 3 is 2.47 bits per heavy atom. The number of hydrogen-bond acceptors (Lipinski definition) is 2. The summed E-state index contributed by atoms with van der Waals surface area (Å²) in [5, 5.41) is 0.797. The van der Waals surface area contributed by atoms with Gasteiger partial charge in [0.2, 0.25) is 0 Å². The summed E-state index contributed by atoms with van der Waals surface area (Å²) in [7, 11) is 0. The van der Waals surface area contributed by atoms with Gasteiger partial charge in [-0.1, -0.05) is 44.5 Å². The first-order valence-electron chi connectivity index (χ1n) is 7.28. The molecule has 1 aliphatic heterocycles. The quantitative estimate of drug-likeness (QED) is 0.911. The van der Waals surface area contributed by atoms with E-state index in [4.69, 9.17) is 17.3 Å². The van der Waals surface area contributed by atoms with Crippen LogP contribution in [0.3, 0.4) is 0 Å². The minimum Gasteiger partial charge on any atom is -0.326 e. The van der Waals surface area contributed by atoms with Gasteiger partial charge in [-0.15, -0.1) is 0 Å². The summed E-state index contributed by atoms with van der Waals surface area (Å²) in [6.45, 7) is 9.08. The molecule has 1 aromatic rings. The van der Waals surface area contributed by atoms with Gasteiger partial charge in [-0.25, -0.2) is 0 Å². The van der Waals surface area contributed by atoms with Gasteiger partial charge in [0, 0.05) is 30.2 Å². The van der Waals surface area contributed by atoms with Crippen LogP contribution in [-0.4, -0.2) is 24.0 Å². The summed E-state index contributed by atoms with van der Waals surface area (Å²) < 4.78 is 0. The van der Waals surface area contributed by atoms with Crippen LogP contribution in [0.5, 0.6) is 0 Å². The molecule has 4 atom stereocenters. The monoisotopic (exact) mass is 280 g/mol. The Kier molecular flexibility index (Phi) is 4.88. The molecule has 106 valence electrons. The molecule has 0 aromatic heterocycles. The summed E-state index contributed by atoms with van der Waals surface area (Å²) in [5.74, 6) is 1.48. The van der Waals surface area contributed by atoms with Crippen LogP contribution < -0.4 is 5.73 Å². The van der Waals surface area contributed by atoms with Crippen molar-refractivity contribution >= 4 is 11.6 Å². The number of likely N-dealkylation sites (tertiary alicyclic amines) is 1. The van der Waals surface area contributed by atoms with E-state index in [0.29, 0.717) is 0 Å². The summed E-state index contributed by atoms with van der Waals surface area (Å²) >= 11 is 6.14. The van der Waals surface area contributed by atoms with Gasteiger partial charge in [-0.05, 0) is 36.0 Å². The predicted octanol–water partition coefficient (Wildman–Crippen LogP) is 3.71. The van der Waals surface area contributed by atoms with E-state index in [2.05, 4.69) is 37.8 Å². The first kappa shape index (κ1) is 14.8. The Morgan fingerprint density at radius 2 is 1.95 bits per heavy atom. The molecule has 0 amide bonds. The van der Waals surface area contributed by atoms with Gasteiger partial charge in [-0.2, -0.15) is 0 Å². The van der Waals surface area contributed by atoms with Crippen LogP contribution >= 0.6 is 11.6 Å². The number of halogens is 1. The van der Waals surface area contributed by atoms with Gasteiger partial charge in [0.25, 0.3) is 0 Å². The van der Waals surface area contributed by atoms with Crippen molar-refractivity contribution < 1.29 is 0 Å². The van der Waals surface area contributed by atoms with E-state index < -0.39 is 0 Å². The van der Waals surface area contributed by atoms with E-state index in [0.717, 1.165) is 36.4 Å². The highest BCUT2D eigenvalue weighted by molar-refractivity contribution is 6.30. The third-order valence-corrected chi connectivity index (χ3v) is 4.71. The fraction of sp³-hybridized carbons (Fsp3) is 0.625. The van der Waals surface area contributed by atoms with Crippen molar-refractivity contribution in [3.05, 3.63) is 34.9 Å². The maximum absolute atomic E-state index is 6.39. The zero-order valence-electron chi connectivity index (χ0n) is 12.1. The van der Waals surface area contributed by atoms with Crippen molar-refractivity contribution in [2.24, 2.45) is 17.6 Å². The standard InChI is InChI=1S/C16H25ClN2/c1-4-15(18)16(13-6-5-7-14(17)8-13)19-9-11(2)12(3)10-19/h5-8,11-12,15-16H,4,9-10,18H2,1-3H3. The lowest BCUT2D eigenvalue weighted by molar-refractivity contribution is 0.200. The predicted molar refractivity (Wildman–Crippen MR) is 82.4 cm³/mol. The summed E-state index contributed by atoms with van der Waals surface area (Å²) in [6, 6.07) is 8.62. The average Bonchev–Trinajstić information content (AvgIpc) is 2.69. The molecule has 1 fully saturated rings. The smallest absolute Gasteiger partial charge is 0.0499 e. The van der Waals surface area contributed by atoms with Crippen molar-refractivity contribution in [3.8, 4) is 0 Å². The van der Waals surface area contributed by atoms with Crippen LogP contribution in [0.2, 0.25) is 5.02 Å². The van der Waals surface area contributed by atoms with Crippen molar-refractivity contribution in [1.29, 1.82) is 0 Å². The van der Waals surface area contributed by atoms with Crippen LogP contribution in [0.15, 0.2) is 24.3 Å². The second kappa shape index (κ2) is 6.25. The van der Waals surface area contributed by atoms with E-state index in [9.17, 15) is 0 Å². The van der Waals surface area contributed by atoms with E-state index in [-0.39, 0.29) is 12.1 Å². The molecular weight excluding hydrogens is 256 g/mol. The van der Waals surface area contributed by atoms with Crippen molar-refractivity contribution in [2.45, 2.75) is 39.3 Å². The lowest BCUT2D eigenvalue weighted by atomic mass is 9.96. The topological polar surface area (TPSA) is 29.3 Å². The second-order valence-corrected chi connectivity index (χ2v) is 6.42. The molecule has 1 heterocycles. The normalized spacial score (nSPS) is 27.4. The van der Waals surface area contributed by atoms with Gasteiger partial charge in [-0.3, -0.25) is 4.90 Å². The molecular formula is C16H25ClN2. The largest absolute Gasteiger partial charge is 0.326 e. The Balaban J connectivity index is 2.26. The molecule has 0 bridgehead atoms. The molecule has 4 unspecified atom stereocenters. The number of hydrogen-bond donors (Lipinski definition) is 1. The molecule has 1 saturated heterocycles. The Bertz CT molecular complexity index is 411. The Labute approximate surface area is 121 Å². The van der Waals surface area contributed by atoms with Gasteiger partial charge >= 0.3 is 0 Å². The van der Waals surface area contributed by atoms with E-state index >= 15 is 0 Å². The fourth-order valence-corrected chi connectivity index (χ4v) is 3.24. The summed E-state index contributed by atoms with van der Waals surface area (Å²) in [4.78, 5) is 2.54. The summed E-state index contributed by atoms with van der Waals surface area (Å²) in [6.07, 6.45) is 0.983. The SMILES string of the molecule is CCC(N)C(c1cccc(Cl)c1)N1CC(C)C(C)C1. The average molecular weight is 281 g/mol. The van der Waals surface area contributed by atoms with Crippen LogP contribution in [0.25, 0.3) is 0 Å². The fourth-order valence-electron chi connectivity index (χ4n) is 3.04. The number of nitrogens with two attached hydrogens (primary N) is 1. The zero-order valence-corrected chi connectivity index (χ0v) is 12.9. The van der Waals surface area contributed by atoms with Crippen LogP contribution in [0, 0.1) is 11.8 Å². The van der Waals surface area contributed by atoms with E-state index in [1.165, 1.54) is 5.56 Å². The highest BCUT2D eigenvalue weighted by Crippen LogP contribution is 2.33. The van der Waals surface area contributed by atoms with Crippen LogP contribution in [0.1, 0.15) is 38.8 Å². The third kappa shape index (κ3) is 3.31. The van der Waals surface area contributed by atoms with E-state index in [1.54, 1.807) is 0 Å². The van der Waals surface area contributed by atoms with Gasteiger partial charge in [0.15, 0.2) is 0 Å². The van der Waals surface area contributed by atoms with Gasteiger partial charge in [0.1, 0.15) is 0 Å². The number of nitrogens with zero attached hydrogens (tertiary/aromatic N) is 1. The molecule has 1 aromatic carbocycles. The molecule has 1 aliphatic rings. The molecule has 0 saturated carbocycles.